The number of hydrogen-bond acceptors (Lipinski definition) is 5. The monoisotopic (exact) mass is 378 g/mol. The standard InChI is InChI=1S/C22H26N4O2/c1-16-14-26(15-17(2)28-16)11-5-10-24-22(27)19-7-3-6-18(12-19)21-9-4-8-20(13-23)25-21/h3-4,6-9,12,16-17H,5,10-11,14-15H2,1-2H3,(H,24,27)/t16-,17+. The highest BCUT2D eigenvalue weighted by molar-refractivity contribution is 5.95. The minimum Gasteiger partial charge on any atom is -0.373 e. The third kappa shape index (κ3) is 5.38. The van der Waals surface area contributed by atoms with Crippen LogP contribution in [0.15, 0.2) is 42.5 Å². The predicted molar refractivity (Wildman–Crippen MR) is 108 cm³/mol. The second-order valence-corrected chi connectivity index (χ2v) is 7.23. The van der Waals surface area contributed by atoms with Crippen molar-refractivity contribution >= 4 is 5.91 Å². The first kappa shape index (κ1) is 20.0. The first-order valence-corrected chi connectivity index (χ1v) is 9.69. The van der Waals surface area contributed by atoms with Crippen LogP contribution in [0.5, 0.6) is 0 Å². The van der Waals surface area contributed by atoms with Crippen molar-refractivity contribution in [2.24, 2.45) is 0 Å². The van der Waals surface area contributed by atoms with Gasteiger partial charge in [0.05, 0.1) is 17.9 Å². The zero-order valence-electron chi connectivity index (χ0n) is 16.4. The molecule has 6 nitrogen and oxygen atoms in total. The van der Waals surface area contributed by atoms with Crippen molar-refractivity contribution in [1.29, 1.82) is 5.26 Å². The number of amides is 1. The zero-order valence-corrected chi connectivity index (χ0v) is 16.4. The summed E-state index contributed by atoms with van der Waals surface area (Å²) in [6, 6.07) is 14.7. The van der Waals surface area contributed by atoms with Crippen molar-refractivity contribution in [3.8, 4) is 17.3 Å². The Kier molecular flexibility index (Phi) is 6.75. The van der Waals surface area contributed by atoms with E-state index in [0.717, 1.165) is 31.6 Å². The minimum absolute atomic E-state index is 0.0954. The average molecular weight is 378 g/mol. The average Bonchev–Trinajstić information content (AvgIpc) is 2.70. The number of benzene rings is 1. The molecule has 1 fully saturated rings. The van der Waals surface area contributed by atoms with Crippen molar-refractivity contribution < 1.29 is 9.53 Å². The van der Waals surface area contributed by atoms with Crippen molar-refractivity contribution in [2.45, 2.75) is 32.5 Å². The van der Waals surface area contributed by atoms with Gasteiger partial charge < -0.3 is 10.1 Å². The first-order valence-electron chi connectivity index (χ1n) is 9.69. The largest absolute Gasteiger partial charge is 0.373 e. The Morgan fingerprint density at radius 3 is 2.75 bits per heavy atom. The van der Waals surface area contributed by atoms with E-state index in [0.29, 0.717) is 23.5 Å². The molecule has 2 aromatic rings. The number of carbonyl (C=O) groups is 1. The number of nitrogens with one attached hydrogen (secondary N) is 1. The number of rotatable bonds is 6. The molecular weight excluding hydrogens is 352 g/mol. The lowest BCUT2D eigenvalue weighted by atomic mass is 10.1. The van der Waals surface area contributed by atoms with Crippen molar-refractivity contribution in [3.63, 3.8) is 0 Å². The molecule has 6 heteroatoms. The molecule has 1 amide bonds. The summed E-state index contributed by atoms with van der Waals surface area (Å²) in [4.78, 5) is 19.2. The van der Waals surface area contributed by atoms with Crippen LogP contribution in [0.2, 0.25) is 0 Å². The summed E-state index contributed by atoms with van der Waals surface area (Å²) in [5.74, 6) is -0.0954. The molecule has 0 spiro atoms. The van der Waals surface area contributed by atoms with Crippen molar-refractivity contribution in [2.75, 3.05) is 26.2 Å². The molecule has 1 aliphatic heterocycles. The summed E-state index contributed by atoms with van der Waals surface area (Å²) in [7, 11) is 0. The Labute approximate surface area is 166 Å². The Balaban J connectivity index is 1.53. The maximum atomic E-state index is 12.5. The quantitative estimate of drug-likeness (QED) is 0.782. The third-order valence-corrected chi connectivity index (χ3v) is 4.72. The van der Waals surface area contributed by atoms with Crippen LogP contribution >= 0.6 is 0 Å². The molecule has 28 heavy (non-hydrogen) atoms. The normalized spacial score (nSPS) is 19.8. The van der Waals surface area contributed by atoms with Gasteiger partial charge in [0.2, 0.25) is 0 Å². The van der Waals surface area contributed by atoms with E-state index >= 15 is 0 Å². The van der Waals surface area contributed by atoms with Gasteiger partial charge in [-0.15, -0.1) is 0 Å². The van der Waals surface area contributed by atoms with Gasteiger partial charge >= 0.3 is 0 Å². The molecule has 1 aliphatic rings. The van der Waals surface area contributed by atoms with E-state index in [4.69, 9.17) is 10.00 Å². The maximum absolute atomic E-state index is 12.5. The molecule has 0 saturated carbocycles. The van der Waals surface area contributed by atoms with E-state index in [-0.39, 0.29) is 18.1 Å². The second kappa shape index (κ2) is 9.45. The van der Waals surface area contributed by atoms with Gasteiger partial charge in [-0.05, 0) is 44.5 Å². The molecule has 0 radical (unpaired) electrons. The molecule has 2 atom stereocenters. The molecule has 1 saturated heterocycles. The molecule has 0 bridgehead atoms. The highest BCUT2D eigenvalue weighted by Crippen LogP contribution is 2.18. The predicted octanol–water partition coefficient (Wildman–Crippen LogP) is 2.85. The molecule has 146 valence electrons. The van der Waals surface area contributed by atoms with Gasteiger partial charge in [-0.1, -0.05) is 18.2 Å². The zero-order chi connectivity index (χ0) is 19.9. The van der Waals surface area contributed by atoms with Crippen LogP contribution in [0.25, 0.3) is 11.3 Å². The summed E-state index contributed by atoms with van der Waals surface area (Å²) in [6.45, 7) is 7.65. The van der Waals surface area contributed by atoms with Gasteiger partial charge in [0.1, 0.15) is 11.8 Å². The fraction of sp³-hybridized carbons (Fsp3) is 0.409. The van der Waals surface area contributed by atoms with E-state index in [2.05, 4.69) is 29.0 Å². The maximum Gasteiger partial charge on any atom is 0.251 e. The summed E-state index contributed by atoms with van der Waals surface area (Å²) in [5, 5.41) is 12.0. The van der Waals surface area contributed by atoms with Crippen LogP contribution in [0, 0.1) is 11.3 Å². The number of ether oxygens (including phenoxy) is 1. The van der Waals surface area contributed by atoms with Gasteiger partial charge in [0.25, 0.3) is 5.91 Å². The topological polar surface area (TPSA) is 78.3 Å². The van der Waals surface area contributed by atoms with Gasteiger partial charge in [0.15, 0.2) is 0 Å². The lowest BCUT2D eigenvalue weighted by Gasteiger charge is -2.35. The van der Waals surface area contributed by atoms with Crippen LogP contribution in [0.1, 0.15) is 36.3 Å². The lowest BCUT2D eigenvalue weighted by molar-refractivity contribution is -0.0679. The Hall–Kier alpha value is -2.75. The van der Waals surface area contributed by atoms with E-state index in [9.17, 15) is 4.79 Å². The van der Waals surface area contributed by atoms with Crippen LogP contribution in [-0.2, 0) is 4.74 Å². The van der Waals surface area contributed by atoms with Gasteiger partial charge in [0, 0.05) is 37.3 Å². The summed E-state index contributed by atoms with van der Waals surface area (Å²) >= 11 is 0. The molecule has 3 rings (SSSR count). The highest BCUT2D eigenvalue weighted by atomic mass is 16.5. The molecule has 0 unspecified atom stereocenters. The van der Waals surface area contributed by atoms with E-state index < -0.39 is 0 Å². The number of aromatic nitrogens is 1. The lowest BCUT2D eigenvalue weighted by Crippen LogP contribution is -2.46. The molecule has 0 aliphatic carbocycles. The Morgan fingerprint density at radius 2 is 2.00 bits per heavy atom. The second-order valence-electron chi connectivity index (χ2n) is 7.23. The summed E-state index contributed by atoms with van der Waals surface area (Å²) in [6.07, 6.45) is 1.42. The van der Waals surface area contributed by atoms with Crippen LogP contribution in [0.4, 0.5) is 0 Å². The fourth-order valence-corrected chi connectivity index (χ4v) is 3.55. The van der Waals surface area contributed by atoms with E-state index in [1.807, 2.05) is 30.3 Å². The smallest absolute Gasteiger partial charge is 0.251 e. The van der Waals surface area contributed by atoms with Gasteiger partial charge in [-0.25, -0.2) is 4.98 Å². The number of pyridine rings is 1. The molecule has 2 heterocycles. The number of hydrogen-bond donors (Lipinski definition) is 1. The third-order valence-electron chi connectivity index (χ3n) is 4.72. The Bertz CT molecular complexity index is 852. The Morgan fingerprint density at radius 1 is 1.25 bits per heavy atom. The highest BCUT2D eigenvalue weighted by Gasteiger charge is 2.21. The first-order chi connectivity index (χ1) is 13.5. The molecule has 1 aromatic carbocycles. The molecule has 1 aromatic heterocycles. The van der Waals surface area contributed by atoms with Gasteiger partial charge in [-0.3, -0.25) is 9.69 Å². The SMILES string of the molecule is C[C@@H]1CN(CCCNC(=O)c2cccc(-c3cccc(C#N)n3)c2)C[C@H](C)O1. The van der Waals surface area contributed by atoms with Crippen molar-refractivity contribution in [1.82, 2.24) is 15.2 Å². The molecule has 1 N–H and O–H groups in total. The number of nitrogens with zero attached hydrogens (tertiary/aromatic N) is 3. The van der Waals surface area contributed by atoms with E-state index in [1.165, 1.54) is 0 Å². The number of nitriles is 1. The minimum atomic E-state index is -0.0954. The summed E-state index contributed by atoms with van der Waals surface area (Å²) in [5.41, 5.74) is 2.46. The van der Waals surface area contributed by atoms with Crippen LogP contribution < -0.4 is 5.32 Å². The molecular formula is C22H26N4O2. The van der Waals surface area contributed by atoms with E-state index in [1.54, 1.807) is 18.2 Å². The van der Waals surface area contributed by atoms with Gasteiger partial charge in [-0.2, -0.15) is 5.26 Å². The number of morpholine rings is 1. The van der Waals surface area contributed by atoms with Crippen molar-refractivity contribution in [3.05, 3.63) is 53.7 Å². The number of carbonyl (C=O) groups excluding carboxylic acids is 1. The summed E-state index contributed by atoms with van der Waals surface area (Å²) < 4.78 is 5.75. The van der Waals surface area contributed by atoms with Crippen LogP contribution in [-0.4, -0.2) is 54.2 Å². The van der Waals surface area contributed by atoms with Crippen LogP contribution in [0.3, 0.4) is 0 Å². The fourth-order valence-electron chi connectivity index (χ4n) is 3.55.